The Morgan fingerprint density at radius 2 is 0.711 bits per heavy atom. The van der Waals surface area contributed by atoms with E-state index >= 15 is 0 Å². The average molecular weight is 513 g/mol. The standard InChI is InChI=1S/C36H48O2/c37-30-10-29(34-11-20-1-21(12-34)3-22(2-20)13-34)31(35-14-23-4-24(15-35)6-25(5-23)16-35)32(33(30)38)36-17-26-7-27(18-36)9-28(8-26)19-36/h10,20-28,37-38H,1-9,11-19H2. The van der Waals surface area contributed by atoms with E-state index in [4.69, 9.17) is 0 Å². The molecular weight excluding hydrogens is 464 g/mol. The van der Waals surface area contributed by atoms with E-state index in [1.165, 1.54) is 121 Å². The molecule has 0 spiro atoms. The summed E-state index contributed by atoms with van der Waals surface area (Å²) in [6.45, 7) is 0. The summed E-state index contributed by atoms with van der Waals surface area (Å²) in [5, 5.41) is 23.7. The molecule has 12 aliphatic rings. The lowest BCUT2D eigenvalue weighted by molar-refractivity contribution is -0.0251. The van der Waals surface area contributed by atoms with Gasteiger partial charge in [-0.1, -0.05) is 0 Å². The minimum Gasteiger partial charge on any atom is -0.504 e. The van der Waals surface area contributed by atoms with Gasteiger partial charge in [-0.15, -0.1) is 0 Å². The fourth-order valence-electron chi connectivity index (χ4n) is 15.4. The van der Waals surface area contributed by atoms with Crippen molar-refractivity contribution in [3.05, 3.63) is 22.8 Å². The smallest absolute Gasteiger partial charge is 0.161 e. The van der Waals surface area contributed by atoms with Crippen LogP contribution in [0.4, 0.5) is 0 Å². The van der Waals surface area contributed by atoms with Crippen LogP contribution in [0.15, 0.2) is 6.07 Å². The maximum atomic E-state index is 12.1. The normalized spacial score (nSPS) is 54.8. The first-order chi connectivity index (χ1) is 18.4. The van der Waals surface area contributed by atoms with E-state index < -0.39 is 0 Å². The van der Waals surface area contributed by atoms with Crippen molar-refractivity contribution < 1.29 is 10.2 Å². The molecule has 12 aliphatic carbocycles. The molecule has 1 aromatic rings. The van der Waals surface area contributed by atoms with Crippen molar-refractivity contribution in [2.45, 2.75) is 132 Å². The Bertz CT molecular complexity index is 1100. The Morgan fingerprint density at radius 3 is 1.05 bits per heavy atom. The highest BCUT2D eigenvalue weighted by Crippen LogP contribution is 2.70. The largest absolute Gasteiger partial charge is 0.504 e. The van der Waals surface area contributed by atoms with Crippen LogP contribution in [0.1, 0.15) is 132 Å². The molecule has 0 radical (unpaired) electrons. The van der Waals surface area contributed by atoms with Gasteiger partial charge >= 0.3 is 0 Å². The van der Waals surface area contributed by atoms with Gasteiger partial charge in [-0.25, -0.2) is 0 Å². The van der Waals surface area contributed by atoms with Crippen molar-refractivity contribution in [2.24, 2.45) is 53.3 Å². The highest BCUT2D eigenvalue weighted by Gasteiger charge is 2.61. The molecule has 38 heavy (non-hydrogen) atoms. The van der Waals surface area contributed by atoms with Gasteiger partial charge in [0.05, 0.1) is 0 Å². The molecule has 204 valence electrons. The fourth-order valence-corrected chi connectivity index (χ4v) is 15.4. The molecular formula is C36H48O2. The third kappa shape index (κ3) is 2.87. The second-order valence-electron chi connectivity index (χ2n) is 17.6. The first kappa shape index (κ1) is 22.5. The van der Waals surface area contributed by atoms with Crippen LogP contribution < -0.4 is 0 Å². The van der Waals surface area contributed by atoms with Crippen LogP contribution in [0.25, 0.3) is 0 Å². The van der Waals surface area contributed by atoms with Gasteiger partial charge in [0.25, 0.3) is 0 Å². The van der Waals surface area contributed by atoms with Gasteiger partial charge in [-0.2, -0.15) is 0 Å². The molecule has 0 heterocycles. The fraction of sp³-hybridized carbons (Fsp3) is 0.833. The second kappa shape index (κ2) is 7.17. The molecule has 2 nitrogen and oxygen atoms in total. The molecule has 2 N–H and O–H groups in total. The zero-order valence-electron chi connectivity index (χ0n) is 23.4. The minimum absolute atomic E-state index is 0.132. The van der Waals surface area contributed by atoms with Crippen LogP contribution in [0.5, 0.6) is 11.5 Å². The zero-order valence-corrected chi connectivity index (χ0v) is 23.4. The molecule has 12 fully saturated rings. The van der Waals surface area contributed by atoms with Crippen molar-refractivity contribution in [3.63, 3.8) is 0 Å². The Balaban J connectivity index is 1.24. The van der Waals surface area contributed by atoms with Gasteiger partial charge in [0, 0.05) is 11.0 Å². The summed E-state index contributed by atoms with van der Waals surface area (Å²) < 4.78 is 0. The Morgan fingerprint density at radius 1 is 0.421 bits per heavy atom. The number of rotatable bonds is 3. The van der Waals surface area contributed by atoms with Gasteiger partial charge in [0.15, 0.2) is 11.5 Å². The van der Waals surface area contributed by atoms with E-state index in [0.29, 0.717) is 5.75 Å². The topological polar surface area (TPSA) is 40.5 Å². The molecule has 0 saturated heterocycles. The highest BCUT2D eigenvalue weighted by atomic mass is 16.3. The molecule has 1 aromatic carbocycles. The van der Waals surface area contributed by atoms with Gasteiger partial charge < -0.3 is 10.2 Å². The molecule has 13 rings (SSSR count). The summed E-state index contributed by atoms with van der Waals surface area (Å²) in [6, 6.07) is 2.19. The minimum atomic E-state index is 0.132. The van der Waals surface area contributed by atoms with Crippen molar-refractivity contribution in [2.75, 3.05) is 0 Å². The number of phenols is 2. The van der Waals surface area contributed by atoms with Crippen molar-refractivity contribution in [1.29, 1.82) is 0 Å². The Kier molecular flexibility index (Phi) is 4.25. The maximum Gasteiger partial charge on any atom is 0.161 e. The number of hydrogen-bond acceptors (Lipinski definition) is 2. The monoisotopic (exact) mass is 512 g/mol. The molecule has 12 saturated carbocycles. The predicted octanol–water partition coefficient (Wildman–Crippen LogP) is 8.50. The average Bonchev–Trinajstić information content (AvgIpc) is 2.82. The van der Waals surface area contributed by atoms with E-state index in [1.54, 1.807) is 11.1 Å². The number of aromatic hydroxyl groups is 2. The third-order valence-electron chi connectivity index (χ3n) is 15.0. The molecule has 12 bridgehead atoms. The van der Waals surface area contributed by atoms with E-state index in [0.717, 1.165) is 53.3 Å². The van der Waals surface area contributed by atoms with Crippen LogP contribution in [-0.4, -0.2) is 10.2 Å². The Hall–Kier alpha value is -1.18. The van der Waals surface area contributed by atoms with Crippen molar-refractivity contribution >= 4 is 0 Å². The van der Waals surface area contributed by atoms with Crippen molar-refractivity contribution in [1.82, 2.24) is 0 Å². The maximum absolute atomic E-state index is 12.1. The molecule has 0 unspecified atom stereocenters. The zero-order chi connectivity index (χ0) is 25.0. The van der Waals surface area contributed by atoms with Crippen LogP contribution in [-0.2, 0) is 16.2 Å². The van der Waals surface area contributed by atoms with Crippen molar-refractivity contribution in [3.8, 4) is 11.5 Å². The first-order valence-corrected chi connectivity index (χ1v) is 17.0. The molecule has 2 heteroatoms. The van der Waals surface area contributed by atoms with Gasteiger partial charge in [-0.3, -0.25) is 0 Å². The number of benzene rings is 1. The molecule has 0 amide bonds. The number of hydrogen-bond donors (Lipinski definition) is 2. The summed E-state index contributed by atoms with van der Waals surface area (Å²) in [5.74, 6) is 8.60. The lowest BCUT2D eigenvalue weighted by atomic mass is 9.41. The molecule has 0 aromatic heterocycles. The number of phenolic OH excluding ortho intramolecular Hbond substituents is 2. The Labute approximate surface area is 229 Å². The molecule has 0 atom stereocenters. The summed E-state index contributed by atoms with van der Waals surface area (Å²) in [7, 11) is 0. The second-order valence-corrected chi connectivity index (χ2v) is 17.6. The van der Waals surface area contributed by atoms with E-state index in [-0.39, 0.29) is 22.0 Å². The first-order valence-electron chi connectivity index (χ1n) is 17.0. The van der Waals surface area contributed by atoms with E-state index in [1.807, 2.05) is 0 Å². The van der Waals surface area contributed by atoms with E-state index in [9.17, 15) is 10.2 Å². The lowest BCUT2D eigenvalue weighted by Crippen LogP contribution is -2.54. The highest BCUT2D eigenvalue weighted by molar-refractivity contribution is 5.62. The summed E-state index contributed by atoms with van der Waals surface area (Å²) >= 11 is 0. The quantitative estimate of drug-likeness (QED) is 0.399. The SMILES string of the molecule is Oc1cc(C23CC4CC(CC(C4)C2)C3)c(C23CC4CC(CC(C4)C2)C3)c(C23CC4CC(CC(C4)C2)C3)c1O. The van der Waals surface area contributed by atoms with Gasteiger partial charge in [-0.05, 0) is 197 Å². The third-order valence-corrected chi connectivity index (χ3v) is 15.0. The predicted molar refractivity (Wildman–Crippen MR) is 149 cm³/mol. The van der Waals surface area contributed by atoms with Crippen LogP contribution in [0.3, 0.4) is 0 Å². The van der Waals surface area contributed by atoms with Crippen LogP contribution in [0, 0.1) is 53.3 Å². The summed E-state index contributed by atoms with van der Waals surface area (Å²) in [5.41, 5.74) is 5.32. The summed E-state index contributed by atoms with van der Waals surface area (Å²) in [6.07, 6.45) is 25.2. The van der Waals surface area contributed by atoms with Gasteiger partial charge in [0.2, 0.25) is 0 Å². The summed E-state index contributed by atoms with van der Waals surface area (Å²) in [4.78, 5) is 0. The van der Waals surface area contributed by atoms with E-state index in [2.05, 4.69) is 6.07 Å². The lowest BCUT2D eigenvalue weighted by Gasteiger charge is -2.63. The van der Waals surface area contributed by atoms with Crippen LogP contribution in [0.2, 0.25) is 0 Å². The van der Waals surface area contributed by atoms with Gasteiger partial charge in [0.1, 0.15) is 0 Å². The molecule has 0 aliphatic heterocycles. The van der Waals surface area contributed by atoms with Crippen LogP contribution >= 0.6 is 0 Å².